The third-order valence-corrected chi connectivity index (χ3v) is 2.60. The molecule has 18 heavy (non-hydrogen) atoms. The van der Waals surface area contributed by atoms with Crippen LogP contribution in [0.25, 0.3) is 11.1 Å². The Morgan fingerprint density at radius 2 is 2.39 bits per heavy atom. The van der Waals surface area contributed by atoms with Gasteiger partial charge in [0, 0.05) is 25.8 Å². The van der Waals surface area contributed by atoms with Crippen LogP contribution in [0.3, 0.4) is 0 Å². The van der Waals surface area contributed by atoms with Crippen molar-refractivity contribution >= 4 is 28.6 Å². The van der Waals surface area contributed by atoms with E-state index >= 15 is 0 Å². The van der Waals surface area contributed by atoms with Crippen molar-refractivity contribution in [1.29, 1.82) is 0 Å². The summed E-state index contributed by atoms with van der Waals surface area (Å²) in [7, 11) is 1.63. The van der Waals surface area contributed by atoms with Gasteiger partial charge in [-0.15, -0.1) is 0 Å². The molecule has 5 nitrogen and oxygen atoms in total. The van der Waals surface area contributed by atoms with Crippen molar-refractivity contribution in [3.63, 3.8) is 0 Å². The fourth-order valence-electron chi connectivity index (χ4n) is 1.56. The van der Waals surface area contributed by atoms with Gasteiger partial charge in [-0.25, -0.2) is 0 Å². The number of carbonyl (C=O) groups excluding carboxylic acids is 1. The monoisotopic (exact) mass is 268 g/mol. The number of amides is 1. The molecule has 0 saturated heterocycles. The molecular formula is C12H13ClN2O3. The second-order valence-electron chi connectivity index (χ2n) is 3.75. The minimum absolute atomic E-state index is 0.0719. The van der Waals surface area contributed by atoms with Crippen LogP contribution in [0, 0.1) is 0 Å². The number of ether oxygens (including phenoxy) is 1. The lowest BCUT2D eigenvalue weighted by molar-refractivity contribution is 0.0948. The predicted molar refractivity (Wildman–Crippen MR) is 67.8 cm³/mol. The number of carbonyl (C=O) groups is 1. The molecule has 0 aliphatic heterocycles. The van der Waals surface area contributed by atoms with Gasteiger partial charge < -0.3 is 14.5 Å². The van der Waals surface area contributed by atoms with Gasteiger partial charge in [0.25, 0.3) is 11.3 Å². The normalized spacial score (nSPS) is 10.8. The Morgan fingerprint density at radius 3 is 3.17 bits per heavy atom. The van der Waals surface area contributed by atoms with Crippen LogP contribution in [0.5, 0.6) is 0 Å². The number of nitrogens with zero attached hydrogens (tertiary/aromatic N) is 1. The molecule has 0 aliphatic carbocycles. The Balaban J connectivity index is 2.03. The first-order valence-electron chi connectivity index (χ1n) is 5.54. The minimum Gasteiger partial charge on any atom is -0.428 e. The van der Waals surface area contributed by atoms with Crippen molar-refractivity contribution in [2.75, 3.05) is 20.3 Å². The number of hydrogen-bond donors (Lipinski definition) is 1. The second-order valence-corrected chi connectivity index (χ2v) is 4.07. The summed E-state index contributed by atoms with van der Waals surface area (Å²) < 4.78 is 10.1. The molecule has 0 spiro atoms. The Bertz CT molecular complexity index is 553. The molecule has 0 bridgehead atoms. The van der Waals surface area contributed by atoms with Crippen LogP contribution in [-0.4, -0.2) is 31.2 Å². The van der Waals surface area contributed by atoms with Gasteiger partial charge in [0.2, 0.25) is 0 Å². The van der Waals surface area contributed by atoms with Gasteiger partial charge in [-0.1, -0.05) is 0 Å². The van der Waals surface area contributed by atoms with Crippen LogP contribution >= 0.6 is 11.6 Å². The maximum atomic E-state index is 11.8. The van der Waals surface area contributed by atoms with Crippen LogP contribution in [0.1, 0.15) is 16.8 Å². The minimum atomic E-state index is -0.152. The molecule has 2 aromatic rings. The van der Waals surface area contributed by atoms with Gasteiger partial charge in [0.15, 0.2) is 5.58 Å². The van der Waals surface area contributed by atoms with Gasteiger partial charge in [-0.05, 0) is 36.2 Å². The number of methoxy groups -OCH3 is 1. The maximum absolute atomic E-state index is 11.8. The molecule has 2 rings (SSSR count). The lowest BCUT2D eigenvalue weighted by Gasteiger charge is -2.04. The summed E-state index contributed by atoms with van der Waals surface area (Å²) in [4.78, 5) is 15.8. The summed E-state index contributed by atoms with van der Waals surface area (Å²) in [6, 6.07) is 5.02. The van der Waals surface area contributed by atoms with Crippen molar-refractivity contribution in [2.24, 2.45) is 0 Å². The van der Waals surface area contributed by atoms with Gasteiger partial charge in [0.05, 0.1) is 0 Å². The standard InChI is InChI=1S/C12H13ClN2O3/c1-17-6-2-5-14-11(16)8-3-4-9-10(7-8)18-12(13)15-9/h3-4,7H,2,5-6H2,1H3,(H,14,16). The fraction of sp³-hybridized carbons (Fsp3) is 0.333. The number of nitrogens with one attached hydrogen (secondary N) is 1. The highest BCUT2D eigenvalue weighted by atomic mass is 35.5. The molecule has 6 heteroatoms. The molecule has 1 N–H and O–H groups in total. The molecule has 0 atom stereocenters. The van der Waals surface area contributed by atoms with Crippen molar-refractivity contribution in [3.8, 4) is 0 Å². The summed E-state index contributed by atoms with van der Waals surface area (Å²) in [5.41, 5.74) is 1.66. The zero-order chi connectivity index (χ0) is 13.0. The van der Waals surface area contributed by atoms with Gasteiger partial charge in [0.1, 0.15) is 5.52 Å². The molecule has 0 aliphatic rings. The maximum Gasteiger partial charge on any atom is 0.293 e. The highest BCUT2D eigenvalue weighted by Gasteiger charge is 2.09. The van der Waals surface area contributed by atoms with E-state index in [0.29, 0.717) is 29.8 Å². The predicted octanol–water partition coefficient (Wildman–Crippen LogP) is 2.25. The largest absolute Gasteiger partial charge is 0.428 e. The quantitative estimate of drug-likeness (QED) is 0.845. The average molecular weight is 269 g/mol. The Morgan fingerprint density at radius 1 is 1.56 bits per heavy atom. The number of aromatic nitrogens is 1. The highest BCUT2D eigenvalue weighted by Crippen LogP contribution is 2.19. The van der Waals surface area contributed by atoms with Crippen LogP contribution < -0.4 is 5.32 Å². The number of benzene rings is 1. The SMILES string of the molecule is COCCCNC(=O)c1ccc2nc(Cl)oc2c1. The van der Waals surface area contributed by atoms with E-state index in [1.54, 1.807) is 25.3 Å². The number of oxazole rings is 1. The Kier molecular flexibility index (Phi) is 4.17. The average Bonchev–Trinajstić information content (AvgIpc) is 2.73. The van der Waals surface area contributed by atoms with Crippen LogP contribution in [-0.2, 0) is 4.74 Å². The Labute approximate surface area is 109 Å². The summed E-state index contributed by atoms with van der Waals surface area (Å²) >= 11 is 5.64. The number of rotatable bonds is 5. The van der Waals surface area contributed by atoms with Crippen molar-refractivity contribution in [2.45, 2.75) is 6.42 Å². The zero-order valence-electron chi connectivity index (χ0n) is 9.90. The molecule has 0 radical (unpaired) electrons. The summed E-state index contributed by atoms with van der Waals surface area (Å²) in [5.74, 6) is -0.152. The Hall–Kier alpha value is -1.59. The van der Waals surface area contributed by atoms with Crippen LogP contribution in [0.15, 0.2) is 22.6 Å². The van der Waals surface area contributed by atoms with Gasteiger partial charge in [-0.3, -0.25) is 4.79 Å². The zero-order valence-corrected chi connectivity index (χ0v) is 10.7. The van der Waals surface area contributed by atoms with Crippen LogP contribution in [0.2, 0.25) is 5.35 Å². The molecule has 1 aromatic heterocycles. The van der Waals surface area contributed by atoms with E-state index in [9.17, 15) is 4.79 Å². The van der Waals surface area contributed by atoms with Crippen molar-refractivity contribution in [3.05, 3.63) is 29.1 Å². The first kappa shape index (κ1) is 12.9. The van der Waals surface area contributed by atoms with E-state index < -0.39 is 0 Å². The summed E-state index contributed by atoms with van der Waals surface area (Å²) in [5, 5.41) is 2.86. The summed E-state index contributed by atoms with van der Waals surface area (Å²) in [6.45, 7) is 1.19. The summed E-state index contributed by atoms with van der Waals surface area (Å²) in [6.07, 6.45) is 0.776. The van der Waals surface area contributed by atoms with E-state index in [0.717, 1.165) is 6.42 Å². The van der Waals surface area contributed by atoms with E-state index in [4.69, 9.17) is 20.8 Å². The number of hydrogen-bond acceptors (Lipinski definition) is 4. The van der Waals surface area contributed by atoms with E-state index in [-0.39, 0.29) is 11.3 Å². The van der Waals surface area contributed by atoms with E-state index in [1.807, 2.05) is 0 Å². The molecule has 96 valence electrons. The lowest BCUT2D eigenvalue weighted by Crippen LogP contribution is -2.25. The third kappa shape index (κ3) is 3.00. The molecular weight excluding hydrogens is 256 g/mol. The van der Waals surface area contributed by atoms with Gasteiger partial charge >= 0.3 is 0 Å². The molecule has 1 amide bonds. The molecule has 1 aromatic carbocycles. The van der Waals surface area contributed by atoms with E-state index in [1.165, 1.54) is 0 Å². The molecule has 0 fully saturated rings. The molecule has 0 saturated carbocycles. The first-order valence-corrected chi connectivity index (χ1v) is 5.92. The van der Waals surface area contributed by atoms with Crippen molar-refractivity contribution in [1.82, 2.24) is 10.3 Å². The van der Waals surface area contributed by atoms with E-state index in [2.05, 4.69) is 10.3 Å². The first-order chi connectivity index (χ1) is 8.70. The topological polar surface area (TPSA) is 64.4 Å². The van der Waals surface area contributed by atoms with Crippen LogP contribution in [0.4, 0.5) is 0 Å². The highest BCUT2D eigenvalue weighted by molar-refractivity contribution is 6.28. The van der Waals surface area contributed by atoms with Crippen molar-refractivity contribution < 1.29 is 13.9 Å². The van der Waals surface area contributed by atoms with Gasteiger partial charge in [-0.2, -0.15) is 4.98 Å². The molecule has 1 heterocycles. The second kappa shape index (κ2) is 5.84. The fourth-order valence-corrected chi connectivity index (χ4v) is 1.73. The third-order valence-electron chi connectivity index (χ3n) is 2.44. The smallest absolute Gasteiger partial charge is 0.293 e. The molecule has 0 unspecified atom stereocenters. The lowest BCUT2D eigenvalue weighted by atomic mass is 10.2. The number of halogens is 1. The number of fused-ring (bicyclic) bond motifs is 1.